The molecule has 0 aliphatic rings. The van der Waals surface area contributed by atoms with Crippen molar-refractivity contribution in [3.63, 3.8) is 0 Å². The van der Waals surface area contributed by atoms with E-state index in [1.165, 1.54) is 0 Å². The van der Waals surface area contributed by atoms with E-state index in [2.05, 4.69) is 15.7 Å². The van der Waals surface area contributed by atoms with Gasteiger partial charge < -0.3 is 0 Å². The molecule has 0 N–H and O–H groups in total. The van der Waals surface area contributed by atoms with Crippen molar-refractivity contribution in [3.05, 3.63) is 0 Å². The smallest absolute Gasteiger partial charge is 0 e. The zero-order valence-corrected chi connectivity index (χ0v) is 4.04. The molecule has 0 heterocycles. The molecule has 0 spiro atoms. The average molecular weight is 140 g/mol. The first-order chi connectivity index (χ1) is 1.41. The summed E-state index contributed by atoms with van der Waals surface area (Å²) in [6, 6.07) is 0. The molecule has 0 amide bonds. The topological polar surface area (TPSA) is 17.1 Å². The van der Waals surface area contributed by atoms with E-state index in [9.17, 15) is 0 Å². The maximum absolute atomic E-state index is 8.67. The molecule has 0 unspecified atom stereocenters. The van der Waals surface area contributed by atoms with Crippen LogP contribution in [0, 0.1) is 0 Å². The van der Waals surface area contributed by atoms with E-state index in [1.807, 2.05) is 0 Å². The van der Waals surface area contributed by atoms with Crippen molar-refractivity contribution in [2.24, 2.45) is 0 Å². The van der Waals surface area contributed by atoms with Gasteiger partial charge in [-0.25, -0.2) is 0 Å². The van der Waals surface area contributed by atoms with Crippen molar-refractivity contribution in [2.75, 3.05) is 0 Å². The zero-order chi connectivity index (χ0) is 2.71. The second-order valence-corrected chi connectivity index (χ2v) is 0.324. The van der Waals surface area contributed by atoms with Gasteiger partial charge in [0.1, 0.15) is 0 Å². The molecule has 0 radical (unpaired) electrons. The van der Waals surface area contributed by atoms with Crippen LogP contribution in [0.2, 0.25) is 0 Å². The van der Waals surface area contributed by atoms with E-state index in [0.717, 1.165) is 0 Å². The van der Waals surface area contributed by atoms with Crippen LogP contribution in [-0.4, -0.2) is 5.22 Å². The van der Waals surface area contributed by atoms with Gasteiger partial charge >= 0.3 is 25.8 Å². The minimum absolute atomic E-state index is 0. The van der Waals surface area contributed by atoms with Gasteiger partial charge in [0.05, 0.1) is 0 Å². The molecule has 0 aromatic heterocycles. The third-order valence-electron chi connectivity index (χ3n) is 0. The predicted molar refractivity (Wildman–Crippen MR) is 6.75 cm³/mol. The molecule has 0 rings (SSSR count). The summed E-state index contributed by atoms with van der Waals surface area (Å²) in [5, 5.41) is 0.438. The van der Waals surface area contributed by atoms with Gasteiger partial charge in [0, 0.05) is 17.4 Å². The van der Waals surface area contributed by atoms with Gasteiger partial charge in [-0.1, -0.05) is 0 Å². The fourth-order valence-electron chi connectivity index (χ4n) is 0. The summed E-state index contributed by atoms with van der Waals surface area (Å²) in [5.74, 6) is 0. The average Bonchev–Trinajstić information content (AvgIpc) is 0.918. The Bertz CT molecular complexity index is 15.5. The van der Waals surface area contributed by atoms with Crippen LogP contribution in [-0.2, 0) is 37.9 Å². The van der Waals surface area contributed by atoms with Gasteiger partial charge in [0.25, 0.3) is 0 Å². The van der Waals surface area contributed by atoms with Gasteiger partial charge in [-0.2, -0.15) is 0 Å². The van der Waals surface area contributed by atoms with Crippen molar-refractivity contribution in [2.45, 2.75) is 0 Å². The molecule has 0 bridgehead atoms. The molecule has 0 aliphatic carbocycles. The van der Waals surface area contributed by atoms with Crippen molar-refractivity contribution < 1.29 is 37.9 Å². The largest absolute Gasteiger partial charge is 0 e. The summed E-state index contributed by atoms with van der Waals surface area (Å²) in [6.45, 7) is 0. The summed E-state index contributed by atoms with van der Waals surface area (Å²) < 4.78 is 0. The Morgan fingerprint density at radius 2 is 1.75 bits per heavy atom. The van der Waals surface area contributed by atoms with E-state index in [-0.39, 0.29) is 17.4 Å². The standard InChI is InChI=1S/CHO.Co.Cr/c1-2;;/h1H;;. The van der Waals surface area contributed by atoms with E-state index in [1.54, 1.807) is 0 Å². The Balaban J connectivity index is 0. The van der Waals surface area contributed by atoms with Crippen molar-refractivity contribution in [1.29, 1.82) is 0 Å². The number of hydrogen-bond acceptors (Lipinski definition) is 1. The molecule has 0 atom stereocenters. The molecule has 0 aromatic rings. The Kier molecular flexibility index (Phi) is 20.6. The molecule has 4 heavy (non-hydrogen) atoms. The van der Waals surface area contributed by atoms with E-state index < -0.39 is 0 Å². The van der Waals surface area contributed by atoms with Crippen LogP contribution in [0.25, 0.3) is 0 Å². The van der Waals surface area contributed by atoms with Crippen LogP contribution in [0.5, 0.6) is 0 Å². The molecular formula is CHCoCrO. The second-order valence-electron chi connectivity index (χ2n) is 0.0786. The number of rotatable bonds is 0. The molecule has 0 fully saturated rings. The molecule has 0 saturated heterocycles. The fraction of sp³-hybridized carbons (Fsp3) is 0. The SMILES string of the molecule is O=[CH][Co].[Cr]. The molecule has 3 heteroatoms. The zero-order valence-electron chi connectivity index (χ0n) is 1.73. The number of carbonyl (C=O) groups is 1. The first-order valence-corrected chi connectivity index (χ1v) is 1.03. The van der Waals surface area contributed by atoms with E-state index in [0.29, 0.717) is 5.22 Å². The van der Waals surface area contributed by atoms with Gasteiger partial charge in [0.2, 0.25) is 0 Å². The summed E-state index contributed by atoms with van der Waals surface area (Å²) in [5.41, 5.74) is 0. The number of carbonyl (C=O) groups excluding carboxylic acids is 1. The summed E-state index contributed by atoms with van der Waals surface area (Å²) in [7, 11) is 0. The Hall–Kier alpha value is 0.709. The summed E-state index contributed by atoms with van der Waals surface area (Å²) >= 11 is 3.15. The van der Waals surface area contributed by atoms with Crippen LogP contribution in [0.1, 0.15) is 0 Å². The number of hydrogen-bond donors (Lipinski definition) is 0. The Morgan fingerprint density at radius 3 is 1.75 bits per heavy atom. The molecule has 26 valence electrons. The van der Waals surface area contributed by atoms with E-state index >= 15 is 0 Å². The minimum Gasteiger partial charge on any atom is 0 e. The third kappa shape index (κ3) is 15.7. The molecule has 1 nitrogen and oxygen atoms in total. The Morgan fingerprint density at radius 1 is 1.75 bits per heavy atom. The van der Waals surface area contributed by atoms with Crippen LogP contribution in [0.15, 0.2) is 0 Å². The molecular weight excluding hydrogens is 139 g/mol. The third-order valence-corrected chi connectivity index (χ3v) is 0. The van der Waals surface area contributed by atoms with Crippen molar-refractivity contribution in [1.82, 2.24) is 0 Å². The Labute approximate surface area is 43.5 Å². The van der Waals surface area contributed by atoms with Gasteiger partial charge in [-0.3, -0.25) is 0 Å². The maximum Gasteiger partial charge on any atom is 0 e. The van der Waals surface area contributed by atoms with Crippen molar-refractivity contribution >= 4 is 5.22 Å². The van der Waals surface area contributed by atoms with Gasteiger partial charge in [0.15, 0.2) is 0 Å². The first kappa shape index (κ1) is 8.83. The molecule has 0 saturated carbocycles. The van der Waals surface area contributed by atoms with Crippen LogP contribution in [0.4, 0.5) is 0 Å². The van der Waals surface area contributed by atoms with Gasteiger partial charge in [-0.15, -0.1) is 0 Å². The maximum atomic E-state index is 8.67. The molecule has 0 aliphatic heterocycles. The monoisotopic (exact) mass is 140 g/mol. The minimum atomic E-state index is 0. The molecule has 0 aromatic carbocycles. The second kappa shape index (κ2) is 9.32. The van der Waals surface area contributed by atoms with Crippen molar-refractivity contribution in [3.8, 4) is 0 Å². The summed E-state index contributed by atoms with van der Waals surface area (Å²) in [4.78, 5) is 8.67. The van der Waals surface area contributed by atoms with Crippen LogP contribution < -0.4 is 0 Å². The predicted octanol–water partition coefficient (Wildman–Crippen LogP) is -0.279. The quantitative estimate of drug-likeness (QED) is 0.423. The van der Waals surface area contributed by atoms with Crippen LogP contribution in [0.3, 0.4) is 0 Å². The van der Waals surface area contributed by atoms with Gasteiger partial charge in [-0.05, 0) is 0 Å². The summed E-state index contributed by atoms with van der Waals surface area (Å²) in [6.07, 6.45) is 0. The first-order valence-electron chi connectivity index (χ1n) is 0.428. The van der Waals surface area contributed by atoms with Crippen LogP contribution >= 0.6 is 0 Å². The van der Waals surface area contributed by atoms with E-state index in [4.69, 9.17) is 4.79 Å². The fourth-order valence-corrected chi connectivity index (χ4v) is 0. The normalized spacial score (nSPS) is 3.50.